The molecule has 0 atom stereocenters. The lowest BCUT2D eigenvalue weighted by Crippen LogP contribution is -1.97. The second kappa shape index (κ2) is 6.76. The van der Waals surface area contributed by atoms with Gasteiger partial charge in [0, 0.05) is 11.8 Å². The highest BCUT2D eigenvalue weighted by molar-refractivity contribution is 5.89. The number of carbonyl (C=O) groups is 1. The van der Waals surface area contributed by atoms with Crippen LogP contribution >= 0.6 is 0 Å². The second-order valence-electron chi connectivity index (χ2n) is 5.45. The van der Waals surface area contributed by atoms with Crippen molar-refractivity contribution in [1.82, 2.24) is 4.98 Å². The van der Waals surface area contributed by atoms with E-state index >= 15 is 0 Å². The highest BCUT2D eigenvalue weighted by Gasteiger charge is 2.12. The number of aromatic nitrogens is 1. The van der Waals surface area contributed by atoms with E-state index in [-0.39, 0.29) is 16.9 Å². The average Bonchev–Trinajstić information content (AvgIpc) is 2.68. The van der Waals surface area contributed by atoms with E-state index in [1.807, 2.05) is 6.07 Å². The summed E-state index contributed by atoms with van der Waals surface area (Å²) in [7, 11) is 0. The van der Waals surface area contributed by atoms with Gasteiger partial charge in [-0.15, -0.1) is 0 Å². The number of carboxylic acid groups (broad SMARTS) is 1. The van der Waals surface area contributed by atoms with Crippen molar-refractivity contribution in [2.24, 2.45) is 0 Å². The summed E-state index contributed by atoms with van der Waals surface area (Å²) < 4.78 is 0. The molecule has 0 aliphatic heterocycles. The molecule has 6 heteroatoms. The molecule has 1 heterocycles. The van der Waals surface area contributed by atoms with E-state index in [0.717, 1.165) is 0 Å². The maximum Gasteiger partial charge on any atom is 0.335 e. The first kappa shape index (κ1) is 16.7. The lowest BCUT2D eigenvalue weighted by Gasteiger charge is -2.09. The molecule has 0 amide bonds. The minimum atomic E-state index is -1.06. The lowest BCUT2D eigenvalue weighted by atomic mass is 9.95. The van der Waals surface area contributed by atoms with Crippen molar-refractivity contribution in [1.29, 1.82) is 10.5 Å². The number of aromatic carboxylic acids is 1. The Balaban J connectivity index is 2.10. The molecule has 6 nitrogen and oxygen atoms in total. The van der Waals surface area contributed by atoms with Gasteiger partial charge in [-0.2, -0.15) is 10.5 Å². The summed E-state index contributed by atoms with van der Waals surface area (Å²) >= 11 is 0. The van der Waals surface area contributed by atoms with Crippen molar-refractivity contribution in [3.8, 4) is 40.3 Å². The van der Waals surface area contributed by atoms with Gasteiger partial charge in [0.1, 0.15) is 11.8 Å². The fourth-order valence-corrected chi connectivity index (χ4v) is 2.56. The number of hydrogen-bond acceptors (Lipinski definition) is 5. The first-order valence-corrected chi connectivity index (χ1v) is 7.51. The Morgan fingerprint density at radius 1 is 0.923 bits per heavy atom. The zero-order valence-electron chi connectivity index (χ0n) is 13.3. The molecular formula is C20H11N3O3. The largest absolute Gasteiger partial charge is 0.507 e. The summed E-state index contributed by atoms with van der Waals surface area (Å²) in [6, 6.07) is 16.4. The van der Waals surface area contributed by atoms with Crippen LogP contribution in [0.25, 0.3) is 22.4 Å². The molecule has 0 unspecified atom stereocenters. The first-order chi connectivity index (χ1) is 12.5. The van der Waals surface area contributed by atoms with Gasteiger partial charge in [-0.1, -0.05) is 18.2 Å². The molecule has 0 saturated carbocycles. The van der Waals surface area contributed by atoms with E-state index in [1.54, 1.807) is 24.3 Å². The van der Waals surface area contributed by atoms with E-state index in [2.05, 4.69) is 11.1 Å². The number of benzene rings is 2. The standard InChI is InChI=1S/C20H11N3O3/c21-10-15-8-13(18-9-14(20(25)26)5-6-23-18)1-3-17(15)12-2-4-19(24)16(7-12)11-22/h1-9,24H,(H,25,26). The molecule has 0 aliphatic rings. The van der Waals surface area contributed by atoms with Crippen molar-refractivity contribution in [2.75, 3.05) is 0 Å². The van der Waals surface area contributed by atoms with Gasteiger partial charge in [-0.05, 0) is 41.5 Å². The predicted octanol–water partition coefficient (Wildman–Crippen LogP) is 3.56. The number of phenolic OH excluding ortho intramolecular Hbond substituents is 1. The van der Waals surface area contributed by atoms with Crippen LogP contribution in [0.5, 0.6) is 5.75 Å². The zero-order chi connectivity index (χ0) is 18.7. The van der Waals surface area contributed by atoms with Crippen molar-refractivity contribution in [2.45, 2.75) is 0 Å². The minimum Gasteiger partial charge on any atom is -0.507 e. The Hall–Kier alpha value is -4.16. The van der Waals surface area contributed by atoms with E-state index < -0.39 is 5.97 Å². The average molecular weight is 341 g/mol. The normalized spacial score (nSPS) is 9.92. The van der Waals surface area contributed by atoms with E-state index in [1.165, 1.54) is 30.5 Å². The van der Waals surface area contributed by atoms with E-state index in [9.17, 15) is 15.2 Å². The number of carboxylic acids is 1. The van der Waals surface area contributed by atoms with Crippen LogP contribution in [-0.2, 0) is 0 Å². The highest BCUT2D eigenvalue weighted by Crippen LogP contribution is 2.30. The minimum absolute atomic E-state index is 0.106. The molecule has 3 aromatic rings. The molecule has 2 N–H and O–H groups in total. The third-order valence-corrected chi connectivity index (χ3v) is 3.87. The fourth-order valence-electron chi connectivity index (χ4n) is 2.56. The van der Waals surface area contributed by atoms with Gasteiger partial charge in [0.15, 0.2) is 0 Å². The molecule has 0 fully saturated rings. The van der Waals surface area contributed by atoms with Crippen LogP contribution in [0.1, 0.15) is 21.5 Å². The van der Waals surface area contributed by atoms with Crippen LogP contribution in [0.3, 0.4) is 0 Å². The second-order valence-corrected chi connectivity index (χ2v) is 5.45. The van der Waals surface area contributed by atoms with Crippen LogP contribution in [0.15, 0.2) is 54.7 Å². The summed E-state index contributed by atoms with van der Waals surface area (Å²) in [4.78, 5) is 15.3. The Bertz CT molecular complexity index is 1110. The Morgan fingerprint density at radius 2 is 1.62 bits per heavy atom. The van der Waals surface area contributed by atoms with Crippen molar-refractivity contribution < 1.29 is 15.0 Å². The highest BCUT2D eigenvalue weighted by atomic mass is 16.4. The molecule has 26 heavy (non-hydrogen) atoms. The van der Waals surface area contributed by atoms with Crippen LogP contribution in [0.4, 0.5) is 0 Å². The number of hydrogen-bond donors (Lipinski definition) is 2. The van der Waals surface area contributed by atoms with Gasteiger partial charge in [0.05, 0.1) is 28.5 Å². The van der Waals surface area contributed by atoms with Gasteiger partial charge in [0.2, 0.25) is 0 Å². The van der Waals surface area contributed by atoms with Gasteiger partial charge in [-0.25, -0.2) is 4.79 Å². The molecule has 0 radical (unpaired) electrons. The predicted molar refractivity (Wildman–Crippen MR) is 93.2 cm³/mol. The molecule has 0 saturated heterocycles. The Kier molecular flexibility index (Phi) is 4.34. The van der Waals surface area contributed by atoms with Gasteiger partial charge >= 0.3 is 5.97 Å². The summed E-state index contributed by atoms with van der Waals surface area (Å²) in [5.41, 5.74) is 2.83. The molecule has 0 spiro atoms. The number of aromatic hydroxyl groups is 1. The third-order valence-electron chi connectivity index (χ3n) is 3.87. The summed E-state index contributed by atoms with van der Waals surface area (Å²) in [6.45, 7) is 0. The van der Waals surface area contributed by atoms with Crippen LogP contribution < -0.4 is 0 Å². The van der Waals surface area contributed by atoms with E-state index in [4.69, 9.17) is 10.4 Å². The lowest BCUT2D eigenvalue weighted by molar-refractivity contribution is 0.0697. The number of pyridine rings is 1. The van der Waals surface area contributed by atoms with Gasteiger partial charge in [0.25, 0.3) is 0 Å². The summed E-state index contributed by atoms with van der Waals surface area (Å²) in [5.74, 6) is -1.18. The van der Waals surface area contributed by atoms with Crippen LogP contribution in [-0.4, -0.2) is 21.2 Å². The first-order valence-electron chi connectivity index (χ1n) is 7.51. The van der Waals surface area contributed by atoms with Gasteiger partial charge < -0.3 is 10.2 Å². The maximum atomic E-state index is 11.1. The molecule has 0 aliphatic carbocycles. The molecule has 0 bridgehead atoms. The smallest absolute Gasteiger partial charge is 0.335 e. The molecule has 3 rings (SSSR count). The number of phenols is 1. The topological polar surface area (TPSA) is 118 Å². The number of nitrogens with zero attached hydrogens (tertiary/aromatic N) is 3. The zero-order valence-corrected chi connectivity index (χ0v) is 13.3. The molecule has 1 aromatic heterocycles. The van der Waals surface area contributed by atoms with Crippen molar-refractivity contribution in [3.05, 3.63) is 71.4 Å². The monoisotopic (exact) mass is 341 g/mol. The number of nitriles is 2. The van der Waals surface area contributed by atoms with Gasteiger partial charge in [-0.3, -0.25) is 4.98 Å². The Labute approximate surface area is 148 Å². The van der Waals surface area contributed by atoms with Crippen LogP contribution in [0, 0.1) is 22.7 Å². The van der Waals surface area contributed by atoms with Crippen LogP contribution in [0.2, 0.25) is 0 Å². The fraction of sp³-hybridized carbons (Fsp3) is 0. The van der Waals surface area contributed by atoms with Crippen molar-refractivity contribution >= 4 is 5.97 Å². The SMILES string of the molecule is N#Cc1cc(-c2ccc(-c3cc(C(=O)O)ccn3)cc2C#N)ccc1O. The third kappa shape index (κ3) is 3.08. The molecule has 2 aromatic carbocycles. The maximum absolute atomic E-state index is 11.1. The summed E-state index contributed by atoms with van der Waals surface area (Å²) in [5, 5.41) is 37.3. The quantitative estimate of drug-likeness (QED) is 0.752. The number of rotatable bonds is 3. The summed E-state index contributed by atoms with van der Waals surface area (Å²) in [6.07, 6.45) is 1.40. The van der Waals surface area contributed by atoms with E-state index in [0.29, 0.717) is 27.9 Å². The molecule has 124 valence electrons. The molecular weight excluding hydrogens is 330 g/mol. The van der Waals surface area contributed by atoms with Crippen molar-refractivity contribution in [3.63, 3.8) is 0 Å². The Morgan fingerprint density at radius 3 is 2.31 bits per heavy atom.